The smallest absolute Gasteiger partial charge is 0.418 e. The first-order valence-electron chi connectivity index (χ1n) is 13.7. The zero-order valence-corrected chi connectivity index (χ0v) is 24.9. The van der Waals surface area contributed by atoms with Crippen LogP contribution in [-0.2, 0) is 33.0 Å². The second kappa shape index (κ2) is 14.2. The Morgan fingerprint density at radius 3 is 2.67 bits per heavy atom. The Morgan fingerprint density at radius 2 is 1.96 bits per heavy atom. The lowest BCUT2D eigenvalue weighted by molar-refractivity contribution is -0.753. The predicted molar refractivity (Wildman–Crippen MR) is 151 cm³/mol. The van der Waals surface area contributed by atoms with Crippen LogP contribution in [0.4, 0.5) is 23.8 Å². The van der Waals surface area contributed by atoms with Gasteiger partial charge in [-0.2, -0.15) is 4.57 Å². The van der Waals surface area contributed by atoms with Crippen LogP contribution in [0.1, 0.15) is 42.8 Å². The minimum absolute atomic E-state index is 0.0164. The van der Waals surface area contributed by atoms with Gasteiger partial charge >= 0.3 is 12.1 Å². The number of pyridine rings is 1. The van der Waals surface area contributed by atoms with Crippen molar-refractivity contribution in [3.05, 3.63) is 96.0 Å². The number of halogens is 3. The SMILES string of the molecule is CNCC(=O)OCc1cccnc1N(C)C(=O)OC(C)[n+]1cnn(C[C@](O)(c2ccc(F)cc2F)[C@@H](C)c2ncncc2F)c1. The number of esters is 1. The number of nitrogens with one attached hydrogen (secondary N) is 1. The first kappa shape index (κ1) is 32.9. The second-order valence-electron chi connectivity index (χ2n) is 10.1. The number of likely N-dealkylation sites (N-methyl/N-ethyl adjacent to an activating group) is 1. The third kappa shape index (κ3) is 7.58. The number of rotatable bonds is 12. The molecule has 4 aromatic rings. The van der Waals surface area contributed by atoms with E-state index in [2.05, 4.69) is 25.4 Å². The monoisotopic (exact) mass is 629 g/mol. The number of amides is 1. The van der Waals surface area contributed by atoms with E-state index in [0.717, 1.165) is 29.6 Å². The summed E-state index contributed by atoms with van der Waals surface area (Å²) in [6, 6.07) is 5.96. The van der Waals surface area contributed by atoms with E-state index in [-0.39, 0.29) is 30.2 Å². The van der Waals surface area contributed by atoms with Gasteiger partial charge < -0.3 is 19.9 Å². The fourth-order valence-electron chi connectivity index (χ4n) is 4.59. The summed E-state index contributed by atoms with van der Waals surface area (Å²) in [6.45, 7) is 2.48. The number of hydrogen-bond donors (Lipinski definition) is 2. The summed E-state index contributed by atoms with van der Waals surface area (Å²) in [4.78, 5) is 37.7. The summed E-state index contributed by atoms with van der Waals surface area (Å²) in [5.41, 5.74) is -2.19. The van der Waals surface area contributed by atoms with Crippen LogP contribution < -0.4 is 14.8 Å². The summed E-state index contributed by atoms with van der Waals surface area (Å²) in [5.74, 6) is -4.14. The second-order valence-corrected chi connectivity index (χ2v) is 10.1. The number of hydrogen-bond acceptors (Lipinski definition) is 10. The molecule has 1 amide bonds. The van der Waals surface area contributed by atoms with Crippen molar-refractivity contribution in [3.8, 4) is 0 Å². The maximum absolute atomic E-state index is 15.0. The van der Waals surface area contributed by atoms with Crippen LogP contribution in [0, 0.1) is 17.5 Å². The molecule has 16 heteroatoms. The molecule has 0 saturated carbocycles. The molecule has 0 saturated heterocycles. The van der Waals surface area contributed by atoms with E-state index in [4.69, 9.17) is 9.47 Å². The van der Waals surface area contributed by atoms with Gasteiger partial charge in [-0.3, -0.25) is 9.69 Å². The van der Waals surface area contributed by atoms with Crippen molar-refractivity contribution in [2.24, 2.45) is 0 Å². The summed E-state index contributed by atoms with van der Waals surface area (Å²) in [7, 11) is 3.05. The summed E-state index contributed by atoms with van der Waals surface area (Å²) in [5, 5.41) is 18.8. The van der Waals surface area contributed by atoms with Crippen molar-refractivity contribution in [2.75, 3.05) is 25.5 Å². The van der Waals surface area contributed by atoms with Gasteiger partial charge in [0.2, 0.25) is 12.6 Å². The van der Waals surface area contributed by atoms with Crippen molar-refractivity contribution in [3.63, 3.8) is 0 Å². The average Bonchev–Trinajstić information content (AvgIpc) is 3.48. The number of benzene rings is 1. The number of aliphatic hydroxyl groups is 1. The van der Waals surface area contributed by atoms with Gasteiger partial charge in [0.1, 0.15) is 42.5 Å². The molecule has 0 bridgehead atoms. The highest BCUT2D eigenvalue weighted by Gasteiger charge is 2.43. The number of carbonyl (C=O) groups is 2. The van der Waals surface area contributed by atoms with Gasteiger partial charge in [0, 0.05) is 48.4 Å². The van der Waals surface area contributed by atoms with Crippen LogP contribution in [0.15, 0.2) is 61.7 Å². The lowest BCUT2D eigenvalue weighted by Gasteiger charge is -2.32. The molecule has 0 aliphatic rings. The molecule has 238 valence electrons. The van der Waals surface area contributed by atoms with Gasteiger partial charge in [-0.05, 0) is 19.2 Å². The van der Waals surface area contributed by atoms with E-state index < -0.39 is 53.8 Å². The van der Waals surface area contributed by atoms with Crippen LogP contribution in [0.2, 0.25) is 0 Å². The molecule has 0 spiro atoms. The first-order chi connectivity index (χ1) is 21.4. The molecule has 45 heavy (non-hydrogen) atoms. The third-order valence-corrected chi connectivity index (χ3v) is 7.08. The van der Waals surface area contributed by atoms with E-state index in [0.29, 0.717) is 11.6 Å². The Bertz CT molecular complexity index is 1660. The quantitative estimate of drug-likeness (QED) is 0.177. The molecule has 0 aliphatic carbocycles. The van der Waals surface area contributed by atoms with E-state index >= 15 is 4.39 Å². The van der Waals surface area contributed by atoms with Crippen molar-refractivity contribution in [1.82, 2.24) is 30.0 Å². The molecule has 4 rings (SSSR count). The highest BCUT2D eigenvalue weighted by molar-refractivity contribution is 5.86. The minimum atomic E-state index is -2.16. The summed E-state index contributed by atoms with van der Waals surface area (Å²) in [6.07, 6.45) is 4.46. The normalized spacial score (nSPS) is 13.9. The van der Waals surface area contributed by atoms with Crippen molar-refractivity contribution in [2.45, 2.75) is 44.7 Å². The molecule has 13 nitrogen and oxygen atoms in total. The van der Waals surface area contributed by atoms with Gasteiger partial charge in [0.05, 0.1) is 18.4 Å². The maximum atomic E-state index is 15.0. The highest BCUT2D eigenvalue weighted by Crippen LogP contribution is 2.39. The molecule has 2 N–H and O–H groups in total. The zero-order valence-electron chi connectivity index (χ0n) is 24.9. The highest BCUT2D eigenvalue weighted by atomic mass is 19.1. The molecular formula is C29H32F3N8O5+. The fourth-order valence-corrected chi connectivity index (χ4v) is 4.59. The Hall–Kier alpha value is -4.96. The number of ether oxygens (including phenoxy) is 2. The van der Waals surface area contributed by atoms with Gasteiger partial charge in [-0.1, -0.05) is 19.1 Å². The molecule has 0 radical (unpaired) electrons. The van der Waals surface area contributed by atoms with Crippen molar-refractivity contribution < 1.29 is 41.9 Å². The number of carbonyl (C=O) groups excluding carboxylic acids is 2. The zero-order chi connectivity index (χ0) is 32.7. The minimum Gasteiger partial charge on any atom is -0.460 e. The summed E-state index contributed by atoms with van der Waals surface area (Å²) >= 11 is 0. The number of nitrogens with zero attached hydrogens (tertiary/aromatic N) is 7. The molecular weight excluding hydrogens is 597 g/mol. The summed E-state index contributed by atoms with van der Waals surface area (Å²) < 4.78 is 56.8. The first-order valence-corrected chi connectivity index (χ1v) is 13.7. The lowest BCUT2D eigenvalue weighted by atomic mass is 9.79. The number of anilines is 1. The fraction of sp³-hybridized carbons (Fsp3) is 0.345. The van der Waals surface area contributed by atoms with Gasteiger partial charge in [0.15, 0.2) is 5.82 Å². The molecule has 3 aromatic heterocycles. The Morgan fingerprint density at radius 1 is 1.18 bits per heavy atom. The third-order valence-electron chi connectivity index (χ3n) is 7.08. The van der Waals surface area contributed by atoms with Crippen LogP contribution >= 0.6 is 0 Å². The topological polar surface area (TPSA) is 148 Å². The van der Waals surface area contributed by atoms with Crippen LogP contribution in [0.5, 0.6) is 0 Å². The predicted octanol–water partition coefficient (Wildman–Crippen LogP) is 2.52. The van der Waals surface area contributed by atoms with Gasteiger partial charge in [-0.25, -0.2) is 32.9 Å². The Balaban J connectivity index is 1.53. The molecule has 3 atom stereocenters. The van der Waals surface area contributed by atoms with E-state index in [1.54, 1.807) is 26.1 Å². The number of aromatic nitrogens is 6. The molecule has 0 aliphatic heterocycles. The van der Waals surface area contributed by atoms with Crippen LogP contribution in [-0.4, -0.2) is 62.5 Å². The van der Waals surface area contributed by atoms with E-state index in [9.17, 15) is 23.5 Å². The van der Waals surface area contributed by atoms with Gasteiger partial charge in [0.25, 0.3) is 6.33 Å². The van der Waals surface area contributed by atoms with Crippen LogP contribution in [0.3, 0.4) is 0 Å². The molecule has 3 heterocycles. The van der Waals surface area contributed by atoms with E-state index in [1.165, 1.54) is 42.1 Å². The van der Waals surface area contributed by atoms with Crippen molar-refractivity contribution in [1.29, 1.82) is 0 Å². The van der Waals surface area contributed by atoms with Gasteiger partial charge in [-0.15, -0.1) is 4.68 Å². The standard InChI is InChI=1S/C29H32F3N8O5/c1-18(26-24(32)11-34-15-36-26)29(43,22-8-7-21(30)10-23(22)31)14-40-17-39(16-37-40)19(2)45-28(42)38(4)27-20(6-5-9-35-27)13-44-25(41)12-33-3/h5-11,15-19,33,43H,12-14H2,1-4H3/q+1/t18-,19?,29+/m0/s1. The molecule has 1 aromatic carbocycles. The Labute approximate surface area is 256 Å². The Kier molecular flexibility index (Phi) is 10.4. The van der Waals surface area contributed by atoms with Crippen molar-refractivity contribution >= 4 is 17.9 Å². The average molecular weight is 630 g/mol. The van der Waals surface area contributed by atoms with Crippen LogP contribution in [0.25, 0.3) is 0 Å². The molecule has 0 fully saturated rings. The maximum Gasteiger partial charge on any atom is 0.418 e. The van der Waals surface area contributed by atoms with E-state index in [1.807, 2.05) is 0 Å². The largest absolute Gasteiger partial charge is 0.460 e. The molecule has 1 unspecified atom stereocenters. The lowest BCUT2D eigenvalue weighted by Crippen LogP contribution is -2.42.